The van der Waals surface area contributed by atoms with Crippen molar-refractivity contribution in [2.45, 2.75) is 31.8 Å². The van der Waals surface area contributed by atoms with Crippen LogP contribution in [-0.4, -0.2) is 29.4 Å². The number of urea groups is 1. The van der Waals surface area contributed by atoms with Gasteiger partial charge in [0, 0.05) is 17.7 Å². The first kappa shape index (κ1) is 21.4. The normalized spacial score (nSPS) is 19.5. The average molecular weight is 416 g/mol. The summed E-state index contributed by atoms with van der Waals surface area (Å²) in [5.74, 6) is -2.68. The van der Waals surface area contributed by atoms with E-state index in [4.69, 9.17) is 0 Å². The van der Waals surface area contributed by atoms with Gasteiger partial charge < -0.3 is 10.6 Å². The molecule has 0 bridgehead atoms. The van der Waals surface area contributed by atoms with Gasteiger partial charge >= 0.3 is 6.03 Å². The summed E-state index contributed by atoms with van der Waals surface area (Å²) in [6.07, 6.45) is 0.299. The van der Waals surface area contributed by atoms with E-state index in [1.807, 2.05) is 0 Å². The third-order valence-electron chi connectivity index (χ3n) is 5.12. The summed E-state index contributed by atoms with van der Waals surface area (Å²) in [7, 11) is 0. The fourth-order valence-electron chi connectivity index (χ4n) is 3.41. The van der Waals surface area contributed by atoms with Crippen LogP contribution in [0.15, 0.2) is 48.5 Å². The summed E-state index contributed by atoms with van der Waals surface area (Å²) in [6, 6.07) is 10.6. The molecule has 2 aromatic rings. The second-order valence-electron chi connectivity index (χ2n) is 7.00. The lowest BCUT2D eigenvalue weighted by molar-refractivity contribution is -0.139. The van der Waals surface area contributed by atoms with Gasteiger partial charge in [-0.05, 0) is 25.0 Å². The van der Waals surface area contributed by atoms with E-state index >= 15 is 0 Å². The molecule has 0 aromatic heterocycles. The van der Waals surface area contributed by atoms with Crippen molar-refractivity contribution in [2.24, 2.45) is 0 Å². The largest absolute Gasteiger partial charge is 0.344 e. The van der Waals surface area contributed by atoms with Gasteiger partial charge in [-0.15, -0.1) is 0 Å². The predicted octanol–water partition coefficient (Wildman–Crippen LogP) is 2.50. The molecule has 0 unspecified atom stereocenters. The summed E-state index contributed by atoms with van der Waals surface area (Å²) >= 11 is 0. The van der Waals surface area contributed by atoms with Gasteiger partial charge in [0.15, 0.2) is 0 Å². The number of carbonyl (C=O) groups excluding carboxylic acids is 3. The van der Waals surface area contributed by atoms with Crippen LogP contribution in [-0.2, 0) is 15.1 Å². The van der Waals surface area contributed by atoms with Crippen molar-refractivity contribution in [1.82, 2.24) is 21.1 Å². The Bertz CT molecular complexity index is 970. The number of amides is 4. The average Bonchev–Trinajstić information content (AvgIpc) is 2.97. The molecule has 30 heavy (non-hydrogen) atoms. The highest BCUT2D eigenvalue weighted by molar-refractivity contribution is 6.08. The third-order valence-corrected chi connectivity index (χ3v) is 5.12. The number of carbonyl (C=O) groups is 3. The Morgan fingerprint density at radius 1 is 1.17 bits per heavy atom. The van der Waals surface area contributed by atoms with Crippen LogP contribution < -0.4 is 16.1 Å². The first-order valence-corrected chi connectivity index (χ1v) is 9.48. The van der Waals surface area contributed by atoms with Crippen molar-refractivity contribution in [3.63, 3.8) is 0 Å². The Balaban J connectivity index is 1.65. The number of benzene rings is 2. The molecule has 3 N–H and O–H groups in total. The number of imide groups is 1. The molecule has 1 fully saturated rings. The molecule has 4 amide bonds. The highest BCUT2D eigenvalue weighted by Crippen LogP contribution is 2.31. The van der Waals surface area contributed by atoms with E-state index in [-0.39, 0.29) is 12.1 Å². The summed E-state index contributed by atoms with van der Waals surface area (Å²) in [6.45, 7) is 3.07. The SMILES string of the molecule is CC[C@]1(c2ccccc2)NC(=O)N(NC(=O)CN[C@@H](C)c2ccc(F)cc2F)C1=O. The maximum Gasteiger partial charge on any atom is 0.344 e. The van der Waals surface area contributed by atoms with Gasteiger partial charge in [0.2, 0.25) is 0 Å². The van der Waals surface area contributed by atoms with Crippen molar-refractivity contribution < 1.29 is 23.2 Å². The number of rotatable bonds is 7. The molecule has 0 aliphatic carbocycles. The summed E-state index contributed by atoms with van der Waals surface area (Å²) in [5.41, 5.74) is 1.82. The second-order valence-corrected chi connectivity index (χ2v) is 7.00. The quantitative estimate of drug-likeness (QED) is 0.605. The smallest absolute Gasteiger partial charge is 0.318 e. The lowest BCUT2D eigenvalue weighted by atomic mass is 9.87. The summed E-state index contributed by atoms with van der Waals surface area (Å²) in [5, 5.41) is 6.10. The van der Waals surface area contributed by atoms with E-state index in [0.29, 0.717) is 17.0 Å². The van der Waals surface area contributed by atoms with Gasteiger partial charge in [0.25, 0.3) is 11.8 Å². The Labute approximate surface area is 172 Å². The molecule has 9 heteroatoms. The zero-order chi connectivity index (χ0) is 21.9. The molecule has 1 saturated heterocycles. The van der Waals surface area contributed by atoms with Gasteiger partial charge in [0.05, 0.1) is 6.54 Å². The standard InChI is InChI=1S/C21H22F2N4O3/c1-3-21(14-7-5-4-6-8-14)19(29)27(20(30)25-21)26-18(28)12-24-13(2)16-10-9-15(22)11-17(16)23/h4-11,13,24H,3,12H2,1-2H3,(H,25,30)(H,26,28)/t13-,21+/m0/s1. The molecule has 0 radical (unpaired) electrons. The predicted molar refractivity (Wildman–Crippen MR) is 105 cm³/mol. The molecular weight excluding hydrogens is 394 g/mol. The van der Waals surface area contributed by atoms with Crippen molar-refractivity contribution >= 4 is 17.8 Å². The monoisotopic (exact) mass is 416 g/mol. The molecule has 158 valence electrons. The number of nitrogens with one attached hydrogen (secondary N) is 3. The maximum atomic E-state index is 13.9. The number of hydrogen-bond acceptors (Lipinski definition) is 4. The van der Waals surface area contributed by atoms with Gasteiger partial charge in [-0.1, -0.05) is 43.3 Å². The molecule has 2 atom stereocenters. The van der Waals surface area contributed by atoms with E-state index in [2.05, 4.69) is 16.1 Å². The fraction of sp³-hybridized carbons (Fsp3) is 0.286. The maximum absolute atomic E-state index is 13.9. The summed E-state index contributed by atoms with van der Waals surface area (Å²) < 4.78 is 26.9. The fourth-order valence-corrected chi connectivity index (χ4v) is 3.41. The molecule has 0 spiro atoms. The molecule has 1 heterocycles. The van der Waals surface area contributed by atoms with Crippen LogP contribution in [0.4, 0.5) is 13.6 Å². The van der Waals surface area contributed by atoms with E-state index in [1.165, 1.54) is 6.07 Å². The first-order valence-electron chi connectivity index (χ1n) is 9.48. The number of hydrazine groups is 1. The van der Waals surface area contributed by atoms with Crippen LogP contribution in [0.5, 0.6) is 0 Å². The summed E-state index contributed by atoms with van der Waals surface area (Å²) in [4.78, 5) is 37.6. The van der Waals surface area contributed by atoms with Crippen LogP contribution in [0.3, 0.4) is 0 Å². The first-order chi connectivity index (χ1) is 14.3. The van der Waals surface area contributed by atoms with Crippen LogP contribution >= 0.6 is 0 Å². The number of nitrogens with zero attached hydrogens (tertiary/aromatic N) is 1. The van der Waals surface area contributed by atoms with Crippen LogP contribution in [0, 0.1) is 11.6 Å². The molecule has 1 aliphatic rings. The molecule has 1 aliphatic heterocycles. The van der Waals surface area contributed by atoms with Crippen molar-refractivity contribution in [3.8, 4) is 0 Å². The van der Waals surface area contributed by atoms with Gasteiger partial charge in [-0.3, -0.25) is 15.0 Å². The van der Waals surface area contributed by atoms with E-state index < -0.39 is 41.1 Å². The van der Waals surface area contributed by atoms with Crippen molar-refractivity contribution in [2.75, 3.05) is 6.54 Å². The minimum atomic E-state index is -1.26. The Hall–Kier alpha value is -3.33. The third kappa shape index (κ3) is 4.02. The lowest BCUT2D eigenvalue weighted by Crippen LogP contribution is -2.50. The topological polar surface area (TPSA) is 90.5 Å². The van der Waals surface area contributed by atoms with Gasteiger partial charge in [0.1, 0.15) is 17.2 Å². The molecule has 0 saturated carbocycles. The minimum Gasteiger partial charge on any atom is -0.318 e. The zero-order valence-electron chi connectivity index (χ0n) is 16.5. The van der Waals surface area contributed by atoms with Crippen LogP contribution in [0.2, 0.25) is 0 Å². The minimum absolute atomic E-state index is 0.188. The van der Waals surface area contributed by atoms with Crippen molar-refractivity contribution in [1.29, 1.82) is 0 Å². The molecule has 2 aromatic carbocycles. The van der Waals surface area contributed by atoms with E-state index in [0.717, 1.165) is 12.1 Å². The lowest BCUT2D eigenvalue weighted by Gasteiger charge is -2.25. The van der Waals surface area contributed by atoms with Gasteiger partial charge in [-0.25, -0.2) is 13.6 Å². The second kappa shape index (κ2) is 8.58. The zero-order valence-corrected chi connectivity index (χ0v) is 16.5. The van der Waals surface area contributed by atoms with E-state index in [1.54, 1.807) is 44.2 Å². The van der Waals surface area contributed by atoms with Gasteiger partial charge in [-0.2, -0.15) is 5.01 Å². The highest BCUT2D eigenvalue weighted by atomic mass is 19.1. The van der Waals surface area contributed by atoms with E-state index in [9.17, 15) is 23.2 Å². The number of halogens is 2. The molecular formula is C21H22F2N4O3. The van der Waals surface area contributed by atoms with Crippen LogP contribution in [0.1, 0.15) is 37.4 Å². The Morgan fingerprint density at radius 2 is 1.87 bits per heavy atom. The number of hydrogen-bond donors (Lipinski definition) is 3. The Kier molecular flexibility index (Phi) is 6.12. The van der Waals surface area contributed by atoms with Crippen molar-refractivity contribution in [3.05, 3.63) is 71.3 Å². The Morgan fingerprint density at radius 3 is 2.50 bits per heavy atom. The molecule has 7 nitrogen and oxygen atoms in total. The van der Waals surface area contributed by atoms with Crippen LogP contribution in [0.25, 0.3) is 0 Å². The highest BCUT2D eigenvalue weighted by Gasteiger charge is 2.52. The molecule has 3 rings (SSSR count).